The first kappa shape index (κ1) is 18.5. The molecule has 0 radical (unpaired) electrons. The Morgan fingerprint density at radius 2 is 1.84 bits per heavy atom. The molecule has 0 aliphatic heterocycles. The average molecular weight is 358 g/mol. The van der Waals surface area contributed by atoms with Crippen molar-refractivity contribution >= 4 is 21.4 Å². The molecule has 0 aliphatic carbocycles. The lowest BCUT2D eigenvalue weighted by molar-refractivity contribution is -0.122. The van der Waals surface area contributed by atoms with Crippen molar-refractivity contribution in [3.05, 3.63) is 54.1 Å². The van der Waals surface area contributed by atoms with E-state index >= 15 is 0 Å². The normalized spacial score (nSPS) is 12.0. The molecule has 25 heavy (non-hydrogen) atoms. The van der Waals surface area contributed by atoms with Crippen molar-refractivity contribution in [2.75, 3.05) is 11.1 Å². The van der Waals surface area contributed by atoms with Gasteiger partial charge in [-0.1, -0.05) is 31.2 Å². The molecule has 2 aromatic rings. The predicted molar refractivity (Wildman–Crippen MR) is 94.0 cm³/mol. The van der Waals surface area contributed by atoms with Crippen molar-refractivity contribution in [3.63, 3.8) is 0 Å². The van der Waals surface area contributed by atoms with E-state index < -0.39 is 21.8 Å². The molecular formula is C18H18N2O4S. The fraction of sp³-hybridized carbons (Fsp3) is 0.222. The number of benzene rings is 2. The Morgan fingerprint density at radius 1 is 1.20 bits per heavy atom. The average Bonchev–Trinajstić information content (AvgIpc) is 2.62. The molecule has 2 rings (SSSR count). The van der Waals surface area contributed by atoms with Gasteiger partial charge in [-0.3, -0.25) is 4.79 Å². The smallest absolute Gasteiger partial charge is 0.265 e. The monoisotopic (exact) mass is 358 g/mol. The van der Waals surface area contributed by atoms with Gasteiger partial charge in [0.25, 0.3) is 5.91 Å². The third kappa shape index (κ3) is 4.37. The summed E-state index contributed by atoms with van der Waals surface area (Å²) < 4.78 is 29.8. The van der Waals surface area contributed by atoms with Crippen LogP contribution in [0.5, 0.6) is 5.75 Å². The molecule has 0 fully saturated rings. The number of sulfone groups is 1. The van der Waals surface area contributed by atoms with Crippen LogP contribution in [-0.4, -0.2) is 26.2 Å². The van der Waals surface area contributed by atoms with Gasteiger partial charge in [0.05, 0.1) is 21.9 Å². The van der Waals surface area contributed by atoms with E-state index in [1.807, 2.05) is 6.07 Å². The maximum atomic E-state index is 12.4. The van der Waals surface area contributed by atoms with Crippen molar-refractivity contribution in [3.8, 4) is 11.8 Å². The zero-order chi connectivity index (χ0) is 18.4. The van der Waals surface area contributed by atoms with E-state index in [0.29, 0.717) is 11.3 Å². The molecule has 0 spiro atoms. The summed E-state index contributed by atoms with van der Waals surface area (Å²) in [5, 5.41) is 11.6. The minimum Gasteiger partial charge on any atom is -0.480 e. The van der Waals surface area contributed by atoms with Crippen LogP contribution in [0.3, 0.4) is 0 Å². The van der Waals surface area contributed by atoms with Gasteiger partial charge in [-0.2, -0.15) is 5.26 Å². The van der Waals surface area contributed by atoms with Crippen LogP contribution in [0, 0.1) is 11.3 Å². The van der Waals surface area contributed by atoms with Crippen LogP contribution in [0.2, 0.25) is 0 Å². The number of nitrogens with one attached hydrogen (secondary N) is 1. The predicted octanol–water partition coefficient (Wildman–Crippen LogP) is 2.76. The second kappa shape index (κ2) is 7.81. The molecule has 2 aromatic carbocycles. The van der Waals surface area contributed by atoms with Crippen molar-refractivity contribution < 1.29 is 17.9 Å². The Hall–Kier alpha value is -2.85. The molecule has 0 unspecified atom stereocenters. The molecule has 0 aromatic heterocycles. The third-order valence-corrected chi connectivity index (χ3v) is 5.33. The number of ether oxygens (including phenoxy) is 1. The number of amides is 1. The molecule has 0 heterocycles. The van der Waals surface area contributed by atoms with Crippen molar-refractivity contribution in [2.24, 2.45) is 0 Å². The number of carbonyl (C=O) groups is 1. The van der Waals surface area contributed by atoms with Gasteiger partial charge in [0.2, 0.25) is 0 Å². The minimum absolute atomic E-state index is 0.0653. The highest BCUT2D eigenvalue weighted by atomic mass is 32.2. The number of hydrogen-bond donors (Lipinski definition) is 1. The number of nitrogens with zero attached hydrogens (tertiary/aromatic N) is 1. The Labute approximate surface area is 147 Å². The lowest BCUT2D eigenvalue weighted by atomic mass is 10.2. The van der Waals surface area contributed by atoms with Crippen molar-refractivity contribution in [1.82, 2.24) is 0 Å². The summed E-state index contributed by atoms with van der Waals surface area (Å²) in [6.45, 7) is 3.07. The van der Waals surface area contributed by atoms with E-state index in [2.05, 4.69) is 5.32 Å². The molecule has 130 valence electrons. The van der Waals surface area contributed by atoms with Crippen LogP contribution in [0.1, 0.15) is 19.4 Å². The fourth-order valence-corrected chi connectivity index (χ4v) is 3.19. The number of hydrogen-bond acceptors (Lipinski definition) is 5. The largest absolute Gasteiger partial charge is 0.480 e. The Morgan fingerprint density at radius 3 is 2.52 bits per heavy atom. The van der Waals surface area contributed by atoms with Gasteiger partial charge in [-0.25, -0.2) is 8.42 Å². The van der Waals surface area contributed by atoms with E-state index in [-0.39, 0.29) is 16.3 Å². The molecule has 0 aliphatic rings. The van der Waals surface area contributed by atoms with E-state index in [4.69, 9.17) is 10.00 Å². The van der Waals surface area contributed by atoms with Gasteiger partial charge in [-0.05, 0) is 31.2 Å². The van der Waals surface area contributed by atoms with Crippen LogP contribution in [0.25, 0.3) is 0 Å². The highest BCUT2D eigenvalue weighted by Gasteiger charge is 2.21. The highest BCUT2D eigenvalue weighted by Crippen LogP contribution is 2.23. The second-order valence-corrected chi connectivity index (χ2v) is 7.50. The lowest BCUT2D eigenvalue weighted by Gasteiger charge is -2.17. The summed E-state index contributed by atoms with van der Waals surface area (Å²) in [6, 6.07) is 14.8. The topological polar surface area (TPSA) is 96.3 Å². The summed E-state index contributed by atoms with van der Waals surface area (Å²) in [4.78, 5) is 12.4. The molecule has 0 saturated heterocycles. The van der Waals surface area contributed by atoms with Gasteiger partial charge >= 0.3 is 0 Å². The molecule has 7 heteroatoms. The summed E-state index contributed by atoms with van der Waals surface area (Å²) in [7, 11) is -3.47. The zero-order valence-electron chi connectivity index (χ0n) is 13.9. The number of rotatable bonds is 6. The Bertz CT molecular complexity index is 917. The van der Waals surface area contributed by atoms with Crippen molar-refractivity contribution in [2.45, 2.75) is 24.8 Å². The Kier molecular flexibility index (Phi) is 5.78. The third-order valence-electron chi connectivity index (χ3n) is 3.54. The first-order valence-corrected chi connectivity index (χ1v) is 9.32. The standard InChI is InChI=1S/C18H18N2O4S/c1-3-25(22,23)17-11-7-5-9-15(17)20-18(21)13(2)24-16-10-6-4-8-14(16)12-19/h4-11,13H,3H2,1-2H3,(H,20,21)/t13-/m1/s1. The highest BCUT2D eigenvalue weighted by molar-refractivity contribution is 7.91. The fourth-order valence-electron chi connectivity index (χ4n) is 2.14. The van der Waals surface area contributed by atoms with Crippen LogP contribution < -0.4 is 10.1 Å². The number of para-hydroxylation sites is 2. The summed E-state index contributed by atoms with van der Waals surface area (Å²) in [5.74, 6) is -0.282. The van der Waals surface area contributed by atoms with Gasteiger partial charge in [0, 0.05) is 0 Å². The van der Waals surface area contributed by atoms with Crippen LogP contribution >= 0.6 is 0 Å². The summed E-state index contributed by atoms with van der Waals surface area (Å²) in [5.41, 5.74) is 0.523. The maximum Gasteiger partial charge on any atom is 0.265 e. The van der Waals surface area contributed by atoms with E-state index in [1.165, 1.54) is 19.1 Å². The number of anilines is 1. The van der Waals surface area contributed by atoms with Crippen LogP contribution in [0.4, 0.5) is 5.69 Å². The first-order valence-electron chi connectivity index (χ1n) is 7.67. The van der Waals surface area contributed by atoms with E-state index in [1.54, 1.807) is 43.3 Å². The maximum absolute atomic E-state index is 12.4. The molecule has 0 bridgehead atoms. The lowest BCUT2D eigenvalue weighted by Crippen LogP contribution is -2.31. The van der Waals surface area contributed by atoms with Crippen molar-refractivity contribution in [1.29, 1.82) is 5.26 Å². The Balaban J connectivity index is 2.19. The molecular weight excluding hydrogens is 340 g/mol. The first-order chi connectivity index (χ1) is 11.9. The van der Waals surface area contributed by atoms with E-state index in [0.717, 1.165) is 0 Å². The quantitative estimate of drug-likeness (QED) is 0.856. The molecule has 1 atom stereocenters. The number of nitriles is 1. The van der Waals surface area contributed by atoms with Gasteiger partial charge in [0.15, 0.2) is 15.9 Å². The minimum atomic E-state index is -3.47. The van der Waals surface area contributed by atoms with Crippen LogP contribution in [-0.2, 0) is 14.6 Å². The molecule has 0 saturated carbocycles. The summed E-state index contributed by atoms with van der Waals surface area (Å²) in [6.07, 6.45) is -0.910. The zero-order valence-corrected chi connectivity index (χ0v) is 14.7. The van der Waals surface area contributed by atoms with Gasteiger partial charge < -0.3 is 10.1 Å². The number of carbonyl (C=O) groups excluding carboxylic acids is 1. The van der Waals surface area contributed by atoms with Gasteiger partial charge in [-0.15, -0.1) is 0 Å². The summed E-state index contributed by atoms with van der Waals surface area (Å²) >= 11 is 0. The van der Waals surface area contributed by atoms with Gasteiger partial charge in [0.1, 0.15) is 11.8 Å². The molecule has 1 amide bonds. The molecule has 1 N–H and O–H groups in total. The van der Waals surface area contributed by atoms with Crippen LogP contribution in [0.15, 0.2) is 53.4 Å². The second-order valence-electron chi connectivity index (χ2n) is 5.26. The SMILES string of the molecule is CCS(=O)(=O)c1ccccc1NC(=O)[C@@H](C)Oc1ccccc1C#N. The van der Waals surface area contributed by atoms with E-state index in [9.17, 15) is 13.2 Å². The molecule has 6 nitrogen and oxygen atoms in total.